The molecular formula is C26H22FN3O3S. The van der Waals surface area contributed by atoms with E-state index in [1.165, 1.54) is 23.9 Å². The zero-order chi connectivity index (χ0) is 23.9. The van der Waals surface area contributed by atoms with Gasteiger partial charge in [0.25, 0.3) is 5.56 Å². The molecule has 0 spiro atoms. The van der Waals surface area contributed by atoms with Gasteiger partial charge < -0.3 is 15.0 Å². The Hall–Kier alpha value is -3.91. The van der Waals surface area contributed by atoms with Crippen molar-refractivity contribution in [3.63, 3.8) is 0 Å². The number of benzene rings is 3. The largest absolute Gasteiger partial charge is 0.457 e. The van der Waals surface area contributed by atoms with E-state index in [-0.39, 0.29) is 23.7 Å². The van der Waals surface area contributed by atoms with Crippen LogP contribution >= 0.6 is 11.8 Å². The number of nitrogens with one attached hydrogen (secondary N) is 2. The first-order valence-corrected chi connectivity index (χ1v) is 11.5. The second-order valence-electron chi connectivity index (χ2n) is 7.51. The molecule has 4 aromatic rings. The molecule has 1 heterocycles. The second kappa shape index (κ2) is 10.8. The average Bonchev–Trinajstić information content (AvgIpc) is 2.83. The monoisotopic (exact) mass is 475 g/mol. The average molecular weight is 476 g/mol. The van der Waals surface area contributed by atoms with Gasteiger partial charge in [-0.25, -0.2) is 9.37 Å². The SMILES string of the molecule is Cc1nc(SCc2ccc(F)cc2)[nH]c(=O)c1CC(=O)Nc1ccc(Oc2ccccc2)cc1. The topological polar surface area (TPSA) is 84.1 Å². The van der Waals surface area contributed by atoms with Crippen molar-refractivity contribution < 1.29 is 13.9 Å². The molecule has 3 aromatic carbocycles. The molecule has 0 aliphatic heterocycles. The molecule has 34 heavy (non-hydrogen) atoms. The molecule has 0 fully saturated rings. The number of H-pyrrole nitrogens is 1. The molecule has 0 saturated heterocycles. The fourth-order valence-electron chi connectivity index (χ4n) is 3.19. The van der Waals surface area contributed by atoms with Gasteiger partial charge in [-0.05, 0) is 61.0 Å². The number of halogens is 1. The lowest BCUT2D eigenvalue weighted by atomic mass is 10.1. The number of anilines is 1. The highest BCUT2D eigenvalue weighted by atomic mass is 32.2. The van der Waals surface area contributed by atoms with Gasteiger partial charge in [0.15, 0.2) is 5.16 Å². The number of para-hydroxylation sites is 1. The quantitative estimate of drug-likeness (QED) is 0.260. The lowest BCUT2D eigenvalue weighted by Gasteiger charge is -2.09. The van der Waals surface area contributed by atoms with E-state index >= 15 is 0 Å². The maximum absolute atomic E-state index is 13.0. The highest BCUT2D eigenvalue weighted by Crippen LogP contribution is 2.23. The number of thioether (sulfide) groups is 1. The third-order valence-corrected chi connectivity index (χ3v) is 5.89. The Balaban J connectivity index is 1.35. The number of rotatable bonds is 8. The Kier molecular flexibility index (Phi) is 7.39. The highest BCUT2D eigenvalue weighted by Gasteiger charge is 2.13. The maximum Gasteiger partial charge on any atom is 0.255 e. The van der Waals surface area contributed by atoms with Crippen molar-refractivity contribution >= 4 is 23.4 Å². The smallest absolute Gasteiger partial charge is 0.255 e. The zero-order valence-corrected chi connectivity index (χ0v) is 19.2. The van der Waals surface area contributed by atoms with E-state index in [9.17, 15) is 14.0 Å². The van der Waals surface area contributed by atoms with E-state index in [4.69, 9.17) is 4.74 Å². The molecule has 1 aromatic heterocycles. The summed E-state index contributed by atoms with van der Waals surface area (Å²) in [4.78, 5) is 32.2. The van der Waals surface area contributed by atoms with Gasteiger partial charge in [0.1, 0.15) is 17.3 Å². The molecule has 0 atom stereocenters. The van der Waals surface area contributed by atoms with Crippen LogP contribution in [0.2, 0.25) is 0 Å². The predicted molar refractivity (Wildman–Crippen MR) is 131 cm³/mol. The number of ether oxygens (including phenoxy) is 1. The van der Waals surface area contributed by atoms with Gasteiger partial charge in [-0.15, -0.1) is 0 Å². The Bertz CT molecular complexity index is 1320. The number of carbonyl (C=O) groups excluding carboxylic acids is 1. The lowest BCUT2D eigenvalue weighted by Crippen LogP contribution is -2.23. The molecule has 2 N–H and O–H groups in total. The van der Waals surface area contributed by atoms with E-state index in [0.717, 1.165) is 11.3 Å². The fourth-order valence-corrected chi connectivity index (χ4v) is 4.05. The van der Waals surface area contributed by atoms with E-state index < -0.39 is 0 Å². The Morgan fingerprint density at radius 2 is 1.68 bits per heavy atom. The molecule has 6 nitrogen and oxygen atoms in total. The van der Waals surface area contributed by atoms with Crippen LogP contribution in [0.5, 0.6) is 11.5 Å². The number of carbonyl (C=O) groups is 1. The van der Waals surface area contributed by atoms with Crippen LogP contribution in [0.25, 0.3) is 0 Å². The van der Waals surface area contributed by atoms with Gasteiger partial charge in [-0.3, -0.25) is 9.59 Å². The van der Waals surface area contributed by atoms with Crippen LogP contribution in [0.3, 0.4) is 0 Å². The summed E-state index contributed by atoms with van der Waals surface area (Å²) in [6.07, 6.45) is -0.0979. The number of nitrogens with zero attached hydrogens (tertiary/aromatic N) is 1. The Labute approximate surface area is 200 Å². The number of amides is 1. The first kappa shape index (κ1) is 23.3. The minimum absolute atomic E-state index is 0.0979. The van der Waals surface area contributed by atoms with Gasteiger partial charge in [0.05, 0.1) is 6.42 Å². The first-order chi connectivity index (χ1) is 16.5. The normalized spacial score (nSPS) is 10.6. The molecule has 0 bridgehead atoms. The van der Waals surface area contributed by atoms with Gasteiger partial charge in [-0.2, -0.15) is 0 Å². The van der Waals surface area contributed by atoms with E-state index in [0.29, 0.717) is 33.6 Å². The predicted octanol–water partition coefficient (Wildman–Crippen LogP) is 5.48. The summed E-state index contributed by atoms with van der Waals surface area (Å²) in [6, 6.07) is 22.6. The molecule has 0 radical (unpaired) electrons. The number of aromatic amines is 1. The van der Waals surface area contributed by atoms with E-state index in [2.05, 4.69) is 15.3 Å². The van der Waals surface area contributed by atoms with Gasteiger partial charge in [0, 0.05) is 22.7 Å². The minimum atomic E-state index is -0.351. The van der Waals surface area contributed by atoms with Gasteiger partial charge in [0.2, 0.25) is 5.91 Å². The van der Waals surface area contributed by atoms with Crippen molar-refractivity contribution in [2.75, 3.05) is 5.32 Å². The molecule has 172 valence electrons. The minimum Gasteiger partial charge on any atom is -0.457 e. The summed E-state index contributed by atoms with van der Waals surface area (Å²) in [5.74, 6) is 1.29. The molecule has 0 saturated carbocycles. The van der Waals surface area contributed by atoms with Crippen LogP contribution < -0.4 is 15.6 Å². The number of aromatic nitrogens is 2. The van der Waals surface area contributed by atoms with Crippen molar-refractivity contribution in [3.05, 3.63) is 112 Å². The Morgan fingerprint density at radius 1 is 1.00 bits per heavy atom. The van der Waals surface area contributed by atoms with Gasteiger partial charge >= 0.3 is 0 Å². The molecule has 0 unspecified atom stereocenters. The van der Waals surface area contributed by atoms with Crippen molar-refractivity contribution in [1.82, 2.24) is 9.97 Å². The third-order valence-electron chi connectivity index (χ3n) is 4.94. The van der Waals surface area contributed by atoms with E-state index in [1.54, 1.807) is 43.3 Å². The zero-order valence-electron chi connectivity index (χ0n) is 18.4. The molecule has 0 aliphatic rings. The summed E-state index contributed by atoms with van der Waals surface area (Å²) in [7, 11) is 0. The third kappa shape index (κ3) is 6.32. The van der Waals surface area contributed by atoms with E-state index in [1.807, 2.05) is 30.3 Å². The van der Waals surface area contributed by atoms with Crippen LogP contribution in [0.1, 0.15) is 16.8 Å². The van der Waals surface area contributed by atoms with Gasteiger partial charge in [-0.1, -0.05) is 42.1 Å². The summed E-state index contributed by atoms with van der Waals surface area (Å²) >= 11 is 1.34. The summed E-state index contributed by atoms with van der Waals surface area (Å²) < 4.78 is 18.8. The second-order valence-corrected chi connectivity index (χ2v) is 8.48. The number of hydrogen-bond acceptors (Lipinski definition) is 5. The van der Waals surface area contributed by atoms with Crippen molar-refractivity contribution in [2.45, 2.75) is 24.3 Å². The summed E-state index contributed by atoms with van der Waals surface area (Å²) in [5.41, 5.74) is 1.96. The maximum atomic E-state index is 13.0. The highest BCUT2D eigenvalue weighted by molar-refractivity contribution is 7.98. The van der Waals surface area contributed by atoms with Crippen molar-refractivity contribution in [2.24, 2.45) is 0 Å². The van der Waals surface area contributed by atoms with Crippen LogP contribution in [0.4, 0.5) is 10.1 Å². The molecule has 1 amide bonds. The number of hydrogen-bond donors (Lipinski definition) is 2. The van der Waals surface area contributed by atoms with Crippen LogP contribution in [0.15, 0.2) is 88.8 Å². The summed E-state index contributed by atoms with van der Waals surface area (Å²) in [6.45, 7) is 1.70. The standard InChI is InChI=1S/C26H22FN3O3S/c1-17-23(25(32)30-26(28-17)34-16-18-7-9-19(27)10-8-18)15-24(31)29-20-11-13-22(14-12-20)33-21-5-3-2-4-6-21/h2-14H,15-16H2,1H3,(H,29,31)(H,28,30,32). The molecule has 0 aliphatic carbocycles. The molecule has 4 rings (SSSR count). The number of aryl methyl sites for hydroxylation is 1. The van der Waals surface area contributed by atoms with Crippen LogP contribution in [-0.2, 0) is 17.0 Å². The lowest BCUT2D eigenvalue weighted by molar-refractivity contribution is -0.115. The Morgan fingerprint density at radius 3 is 2.35 bits per heavy atom. The van der Waals surface area contributed by atoms with Crippen LogP contribution in [0, 0.1) is 12.7 Å². The fraction of sp³-hybridized carbons (Fsp3) is 0.115. The summed E-state index contributed by atoms with van der Waals surface area (Å²) in [5, 5.41) is 3.24. The molecular weight excluding hydrogens is 453 g/mol. The molecule has 8 heteroatoms. The van der Waals surface area contributed by atoms with Crippen molar-refractivity contribution in [3.8, 4) is 11.5 Å². The van der Waals surface area contributed by atoms with Crippen molar-refractivity contribution in [1.29, 1.82) is 0 Å². The first-order valence-electron chi connectivity index (χ1n) is 10.6. The van der Waals surface area contributed by atoms with Crippen LogP contribution in [-0.4, -0.2) is 15.9 Å².